The average molecular weight is 426 g/mol. The lowest BCUT2D eigenvalue weighted by Gasteiger charge is -2.09. The highest BCUT2D eigenvalue weighted by atomic mass is 35.5. The minimum atomic E-state index is -0.0604. The lowest BCUT2D eigenvalue weighted by Crippen LogP contribution is -2.27. The second-order valence-electron chi connectivity index (χ2n) is 6.58. The lowest BCUT2D eigenvalue weighted by molar-refractivity contribution is -0.121. The zero-order chi connectivity index (χ0) is 20.2. The fourth-order valence-corrected chi connectivity index (χ4v) is 3.73. The summed E-state index contributed by atoms with van der Waals surface area (Å²) in [5.41, 5.74) is 3.72. The number of hydrogen-bond acceptors (Lipinski definition) is 4. The Kier molecular flexibility index (Phi) is 5.87. The molecule has 0 aliphatic carbocycles. The van der Waals surface area contributed by atoms with E-state index in [1.165, 1.54) is 0 Å². The van der Waals surface area contributed by atoms with Gasteiger partial charge in [0, 0.05) is 23.3 Å². The number of halogens is 1. The van der Waals surface area contributed by atoms with Crippen molar-refractivity contribution < 1.29 is 4.79 Å². The number of benzene rings is 2. The molecule has 0 unspecified atom stereocenters. The van der Waals surface area contributed by atoms with Crippen molar-refractivity contribution in [3.63, 3.8) is 0 Å². The van der Waals surface area contributed by atoms with Gasteiger partial charge in [0.15, 0.2) is 0 Å². The van der Waals surface area contributed by atoms with Crippen LogP contribution in [0, 0.1) is 0 Å². The molecule has 148 valence electrons. The predicted molar refractivity (Wildman–Crippen MR) is 117 cm³/mol. The molecule has 0 spiro atoms. The Labute approximate surface area is 177 Å². The van der Waals surface area contributed by atoms with Gasteiger partial charge in [0.1, 0.15) is 12.4 Å². The topological polar surface area (TPSA) is 64.7 Å². The van der Waals surface area contributed by atoms with Crippen molar-refractivity contribution in [1.29, 1.82) is 0 Å². The van der Waals surface area contributed by atoms with E-state index in [4.69, 9.17) is 11.6 Å². The van der Waals surface area contributed by atoms with Crippen LogP contribution in [0.3, 0.4) is 0 Å². The van der Waals surface area contributed by atoms with Crippen molar-refractivity contribution in [3.05, 3.63) is 77.3 Å². The smallest absolute Gasteiger partial charge is 0.240 e. The molecule has 0 saturated carbocycles. The Morgan fingerprint density at radius 3 is 2.76 bits per heavy atom. The predicted octanol–water partition coefficient (Wildman–Crippen LogP) is 4.05. The fraction of sp³-hybridized carbons (Fsp3) is 0.190. The first-order chi connectivity index (χ1) is 14.1. The molecule has 0 atom stereocenters. The number of fused-ring (bicyclic) bond motifs is 1. The van der Waals surface area contributed by atoms with Gasteiger partial charge >= 0.3 is 0 Å². The highest BCUT2D eigenvalue weighted by molar-refractivity contribution is 7.97. The van der Waals surface area contributed by atoms with Crippen LogP contribution in [0.1, 0.15) is 11.4 Å². The summed E-state index contributed by atoms with van der Waals surface area (Å²) >= 11 is 7.62. The molecule has 4 aromatic rings. The molecule has 2 aromatic carbocycles. The summed E-state index contributed by atoms with van der Waals surface area (Å²) in [7, 11) is 0. The van der Waals surface area contributed by atoms with Crippen LogP contribution in [0.5, 0.6) is 0 Å². The number of imidazole rings is 1. The van der Waals surface area contributed by atoms with Crippen molar-refractivity contribution >= 4 is 40.3 Å². The minimum Gasteiger partial charge on any atom is -0.350 e. The van der Waals surface area contributed by atoms with Gasteiger partial charge in [0.25, 0.3) is 0 Å². The van der Waals surface area contributed by atoms with Gasteiger partial charge in [-0.05, 0) is 42.7 Å². The normalized spacial score (nSPS) is 11.1. The van der Waals surface area contributed by atoms with E-state index in [2.05, 4.69) is 15.4 Å². The number of nitrogens with zero attached hydrogens (tertiary/aromatic N) is 4. The van der Waals surface area contributed by atoms with Gasteiger partial charge in [0.2, 0.25) is 5.91 Å². The Morgan fingerprint density at radius 2 is 1.97 bits per heavy atom. The number of hydrogen-bond donors (Lipinski definition) is 1. The summed E-state index contributed by atoms with van der Waals surface area (Å²) in [6.45, 7) is 0.651. The van der Waals surface area contributed by atoms with Crippen molar-refractivity contribution in [2.45, 2.75) is 18.8 Å². The van der Waals surface area contributed by atoms with Crippen LogP contribution < -0.4 is 5.32 Å². The highest BCUT2D eigenvalue weighted by Crippen LogP contribution is 2.19. The number of carbonyl (C=O) groups is 1. The number of carbonyl (C=O) groups excluding carboxylic acids is 1. The Morgan fingerprint density at radius 1 is 1.17 bits per heavy atom. The molecule has 0 aliphatic heterocycles. The van der Waals surface area contributed by atoms with Gasteiger partial charge in [-0.3, -0.25) is 4.79 Å². The van der Waals surface area contributed by atoms with Crippen LogP contribution in [-0.4, -0.2) is 31.5 Å². The maximum absolute atomic E-state index is 12.6. The average Bonchev–Trinajstić information content (AvgIpc) is 3.33. The monoisotopic (exact) mass is 425 g/mol. The summed E-state index contributed by atoms with van der Waals surface area (Å²) in [5.74, 6) is 1.61. The molecule has 29 heavy (non-hydrogen) atoms. The van der Waals surface area contributed by atoms with Crippen LogP contribution in [-0.2, 0) is 23.6 Å². The van der Waals surface area contributed by atoms with E-state index >= 15 is 0 Å². The maximum atomic E-state index is 12.6. The van der Waals surface area contributed by atoms with E-state index < -0.39 is 0 Å². The number of thioether (sulfide) groups is 1. The number of aromatic nitrogens is 4. The Bertz CT molecular complexity index is 1140. The van der Waals surface area contributed by atoms with Crippen LogP contribution in [0.2, 0.25) is 5.02 Å². The third-order valence-electron chi connectivity index (χ3n) is 4.53. The number of para-hydroxylation sites is 2. The summed E-state index contributed by atoms with van der Waals surface area (Å²) in [4.78, 5) is 17.2. The van der Waals surface area contributed by atoms with Gasteiger partial charge in [-0.2, -0.15) is 16.9 Å². The van der Waals surface area contributed by atoms with Crippen LogP contribution in [0.15, 0.2) is 60.9 Å². The van der Waals surface area contributed by atoms with Crippen molar-refractivity contribution in [2.75, 3.05) is 6.26 Å². The zero-order valence-corrected chi connectivity index (χ0v) is 17.5. The molecule has 2 heterocycles. The summed E-state index contributed by atoms with van der Waals surface area (Å²) in [6, 6.07) is 15.3. The third kappa shape index (κ3) is 4.46. The standard InChI is InChI=1S/C21H20ClN5OS/c1-29-14-20-25-18-4-2-3-5-19(18)26(20)13-21(28)23-10-15-11-24-27(12-15)17-8-6-16(22)7-9-17/h2-9,11-12H,10,13-14H2,1H3,(H,23,28). The molecule has 0 fully saturated rings. The molecule has 1 N–H and O–H groups in total. The molecule has 1 amide bonds. The van der Waals surface area contributed by atoms with Crippen molar-refractivity contribution in [1.82, 2.24) is 24.6 Å². The van der Waals surface area contributed by atoms with Gasteiger partial charge in [-0.15, -0.1) is 0 Å². The van der Waals surface area contributed by atoms with E-state index in [0.717, 1.165) is 33.9 Å². The Hall–Kier alpha value is -2.77. The molecule has 4 rings (SSSR count). The fourth-order valence-electron chi connectivity index (χ4n) is 3.13. The lowest BCUT2D eigenvalue weighted by atomic mass is 10.3. The third-order valence-corrected chi connectivity index (χ3v) is 5.32. The number of nitrogens with one attached hydrogen (secondary N) is 1. The van der Waals surface area contributed by atoms with Gasteiger partial charge in [0.05, 0.1) is 28.7 Å². The molecule has 0 radical (unpaired) electrons. The summed E-state index contributed by atoms with van der Waals surface area (Å²) in [5, 5.41) is 8.01. The van der Waals surface area contributed by atoms with E-state index in [9.17, 15) is 4.79 Å². The molecule has 0 bridgehead atoms. The molecular weight excluding hydrogens is 406 g/mol. The van der Waals surface area contributed by atoms with Crippen LogP contribution >= 0.6 is 23.4 Å². The SMILES string of the molecule is CSCc1nc2ccccc2n1CC(=O)NCc1cnn(-c2ccc(Cl)cc2)c1. The first-order valence-corrected chi connectivity index (χ1v) is 10.9. The van der Waals surface area contributed by atoms with Crippen LogP contribution in [0.4, 0.5) is 0 Å². The largest absolute Gasteiger partial charge is 0.350 e. The van der Waals surface area contributed by atoms with Crippen molar-refractivity contribution in [2.24, 2.45) is 0 Å². The first kappa shape index (κ1) is 19.5. The molecule has 2 aromatic heterocycles. The Balaban J connectivity index is 1.43. The highest BCUT2D eigenvalue weighted by Gasteiger charge is 2.13. The number of amides is 1. The summed E-state index contributed by atoms with van der Waals surface area (Å²) in [6.07, 6.45) is 5.68. The second-order valence-corrected chi connectivity index (χ2v) is 7.88. The zero-order valence-electron chi connectivity index (χ0n) is 15.9. The quantitative estimate of drug-likeness (QED) is 0.485. The molecule has 6 nitrogen and oxygen atoms in total. The second kappa shape index (κ2) is 8.71. The van der Waals surface area contributed by atoms with E-state index in [1.807, 2.05) is 65.6 Å². The van der Waals surface area contributed by atoms with E-state index in [1.54, 1.807) is 22.6 Å². The molecule has 0 saturated heterocycles. The van der Waals surface area contributed by atoms with Crippen molar-refractivity contribution in [3.8, 4) is 5.69 Å². The van der Waals surface area contributed by atoms with Gasteiger partial charge in [-0.25, -0.2) is 9.67 Å². The van der Waals surface area contributed by atoms with Gasteiger partial charge < -0.3 is 9.88 Å². The first-order valence-electron chi connectivity index (χ1n) is 9.13. The maximum Gasteiger partial charge on any atom is 0.240 e. The molecule has 0 aliphatic rings. The minimum absolute atomic E-state index is 0.0604. The summed E-state index contributed by atoms with van der Waals surface area (Å²) < 4.78 is 3.75. The molecule has 8 heteroatoms. The van der Waals surface area contributed by atoms with E-state index in [-0.39, 0.29) is 12.5 Å². The van der Waals surface area contributed by atoms with Crippen LogP contribution in [0.25, 0.3) is 16.7 Å². The van der Waals surface area contributed by atoms with Gasteiger partial charge in [-0.1, -0.05) is 23.7 Å². The van der Waals surface area contributed by atoms with E-state index in [0.29, 0.717) is 11.6 Å². The molecular formula is C21H20ClN5OS. The number of rotatable bonds is 7.